The maximum atomic E-state index is 12.6. The Morgan fingerprint density at radius 1 is 0.812 bits per heavy atom. The number of piperidine rings is 1. The highest BCUT2D eigenvalue weighted by atomic mass is 35.5. The van der Waals surface area contributed by atoms with Crippen LogP contribution < -0.4 is 29.9 Å². The van der Waals surface area contributed by atoms with E-state index in [1.54, 1.807) is 17.0 Å². The molecule has 0 bridgehead atoms. The lowest BCUT2D eigenvalue weighted by Crippen LogP contribution is -2.58. The number of carbonyl (C=O) groups is 1. The Kier molecular flexibility index (Phi) is 17.2. The zero-order chi connectivity index (χ0) is 48.0. The number of phenols is 1. The summed E-state index contributed by atoms with van der Waals surface area (Å²) in [4.78, 5) is 31.5. The highest BCUT2D eigenvalue weighted by Crippen LogP contribution is 2.35. The molecule has 0 saturated carbocycles. The number of halogens is 1. The quantitative estimate of drug-likeness (QED) is 0.0523. The highest BCUT2D eigenvalue weighted by molar-refractivity contribution is 6.29. The number of hydrogen-bond donors (Lipinski definition) is 2. The number of nitrogens with two attached hydrogens (primary N) is 1. The maximum absolute atomic E-state index is 12.6. The van der Waals surface area contributed by atoms with Crippen molar-refractivity contribution in [2.75, 3.05) is 65.6 Å². The number of aromatic nitrogens is 4. The SMILES string of the molecule is CCC1CN(c2cc(-c3ccccc3O)nnc2N)CC(C)N1c1ncc(C2CCN(CCCCCCCCOc3ccc(Oc4ccc(N(Cc5ccccc5)C(=O)CCl)cc4)cc3)CC2)cn1. The minimum Gasteiger partial charge on any atom is -0.507 e. The third kappa shape index (κ3) is 13.0. The van der Waals surface area contributed by atoms with Crippen LogP contribution in [0.25, 0.3) is 11.3 Å². The summed E-state index contributed by atoms with van der Waals surface area (Å²) in [5.74, 6) is 3.81. The number of unbranched alkanes of at least 4 members (excludes halogenated alkanes) is 5. The van der Waals surface area contributed by atoms with E-state index in [2.05, 4.69) is 51.1 Å². The van der Waals surface area contributed by atoms with Gasteiger partial charge in [-0.15, -0.1) is 21.8 Å². The van der Waals surface area contributed by atoms with Crippen LogP contribution in [0.5, 0.6) is 23.0 Å². The van der Waals surface area contributed by atoms with Crippen molar-refractivity contribution in [3.8, 4) is 34.3 Å². The number of likely N-dealkylation sites (tertiary alicyclic amines) is 1. The third-order valence-corrected chi connectivity index (χ3v) is 13.7. The van der Waals surface area contributed by atoms with Gasteiger partial charge < -0.3 is 39.9 Å². The Balaban J connectivity index is 0.690. The van der Waals surface area contributed by atoms with Gasteiger partial charge in [0.15, 0.2) is 5.82 Å². The average Bonchev–Trinajstić information content (AvgIpc) is 3.38. The van der Waals surface area contributed by atoms with Crippen LogP contribution in [-0.4, -0.2) is 93.4 Å². The van der Waals surface area contributed by atoms with Crippen LogP contribution in [0.1, 0.15) is 88.7 Å². The highest BCUT2D eigenvalue weighted by Gasteiger charge is 2.34. The zero-order valence-electron chi connectivity index (χ0n) is 40.0. The summed E-state index contributed by atoms with van der Waals surface area (Å²) in [6.45, 7) is 10.5. The summed E-state index contributed by atoms with van der Waals surface area (Å²) in [5, 5.41) is 19.0. The number of nitrogens with zero attached hydrogens (tertiary/aromatic N) is 8. The van der Waals surface area contributed by atoms with Gasteiger partial charge >= 0.3 is 0 Å². The standard InChI is InChI=1S/C55H66ClN9O4/c1-3-44-39-63(51-33-50(60-61-54(51)57)49-17-11-12-18-52(49)66)37-40(2)65(44)55-58-35-43(36-59-55)42-27-30-62(31-28-42)29-13-6-4-5-7-14-32-68-46-23-25-48(26-24-46)69-47-21-19-45(20-22-47)64(53(67)34-56)38-41-15-9-8-10-16-41/h8-12,15-26,33,35-36,40,42,44,66H,3-7,13-14,27-32,34,37-39H2,1-2H3,(H2,57,61). The van der Waals surface area contributed by atoms with Crippen molar-refractivity contribution in [2.45, 2.75) is 96.2 Å². The van der Waals surface area contributed by atoms with Gasteiger partial charge in [-0.05, 0) is 142 Å². The predicted molar refractivity (Wildman–Crippen MR) is 277 cm³/mol. The predicted octanol–water partition coefficient (Wildman–Crippen LogP) is 10.9. The number of amides is 1. The van der Waals surface area contributed by atoms with E-state index in [-0.39, 0.29) is 29.6 Å². The first-order valence-electron chi connectivity index (χ1n) is 24.7. The molecule has 8 rings (SSSR count). The molecule has 1 amide bonds. The molecule has 362 valence electrons. The first-order valence-corrected chi connectivity index (χ1v) is 25.2. The molecule has 0 spiro atoms. The summed E-state index contributed by atoms with van der Waals surface area (Å²) in [6, 6.07) is 34.5. The van der Waals surface area contributed by atoms with Crippen molar-refractivity contribution in [1.29, 1.82) is 0 Å². The number of benzene rings is 4. The van der Waals surface area contributed by atoms with Crippen molar-refractivity contribution in [1.82, 2.24) is 25.1 Å². The number of carbonyl (C=O) groups excluding carboxylic acids is 1. The normalized spacial score (nSPS) is 16.6. The summed E-state index contributed by atoms with van der Waals surface area (Å²) < 4.78 is 12.1. The topological polar surface area (TPSA) is 146 Å². The Hall–Kier alpha value is -6.44. The van der Waals surface area contributed by atoms with Crippen LogP contribution in [0.2, 0.25) is 0 Å². The lowest BCUT2D eigenvalue weighted by atomic mass is 9.91. The van der Waals surface area contributed by atoms with Gasteiger partial charge in [-0.25, -0.2) is 9.97 Å². The van der Waals surface area contributed by atoms with Crippen molar-refractivity contribution < 1.29 is 19.4 Å². The lowest BCUT2D eigenvalue weighted by molar-refractivity contribution is -0.116. The molecule has 2 aliphatic rings. The molecule has 2 saturated heterocycles. The summed E-state index contributed by atoms with van der Waals surface area (Å²) in [5.41, 5.74) is 11.5. The average molecular weight is 953 g/mol. The number of ether oxygens (including phenoxy) is 2. The summed E-state index contributed by atoms with van der Waals surface area (Å²) in [7, 11) is 0. The van der Waals surface area contributed by atoms with Gasteiger partial charge in [-0.3, -0.25) is 4.79 Å². The van der Waals surface area contributed by atoms with Gasteiger partial charge in [0.05, 0.1) is 24.5 Å². The molecule has 6 aromatic rings. The smallest absolute Gasteiger partial charge is 0.242 e. The van der Waals surface area contributed by atoms with E-state index in [9.17, 15) is 9.90 Å². The third-order valence-electron chi connectivity index (χ3n) is 13.5. The van der Waals surface area contributed by atoms with Gasteiger partial charge in [-0.1, -0.05) is 75.1 Å². The van der Waals surface area contributed by atoms with E-state index < -0.39 is 0 Å². The van der Waals surface area contributed by atoms with Crippen LogP contribution in [0.3, 0.4) is 0 Å². The van der Waals surface area contributed by atoms with Gasteiger partial charge in [0.1, 0.15) is 28.9 Å². The van der Waals surface area contributed by atoms with Crippen molar-refractivity contribution in [2.24, 2.45) is 0 Å². The molecule has 0 radical (unpaired) electrons. The van der Waals surface area contributed by atoms with E-state index in [0.717, 1.165) is 92.7 Å². The van der Waals surface area contributed by atoms with Crippen molar-refractivity contribution in [3.05, 3.63) is 133 Å². The molecule has 2 unspecified atom stereocenters. The van der Waals surface area contributed by atoms with Gasteiger partial charge in [0.2, 0.25) is 11.9 Å². The Morgan fingerprint density at radius 3 is 2.16 bits per heavy atom. The number of anilines is 4. The fraction of sp³-hybridized carbons (Fsp3) is 0.400. The Bertz CT molecular complexity index is 2530. The van der Waals surface area contributed by atoms with E-state index >= 15 is 0 Å². The van der Waals surface area contributed by atoms with Crippen LogP contribution in [0, 0.1) is 0 Å². The molecule has 14 heteroatoms. The summed E-state index contributed by atoms with van der Waals surface area (Å²) >= 11 is 5.93. The van der Waals surface area contributed by atoms with Gasteiger partial charge in [0, 0.05) is 48.8 Å². The van der Waals surface area contributed by atoms with Crippen LogP contribution >= 0.6 is 11.6 Å². The first kappa shape index (κ1) is 49.0. The van der Waals surface area contributed by atoms with E-state index in [4.69, 9.17) is 36.8 Å². The monoisotopic (exact) mass is 951 g/mol. The number of phenolic OH excluding ortho intramolecular Hbond substituents is 1. The second kappa shape index (κ2) is 24.2. The van der Waals surface area contributed by atoms with Crippen molar-refractivity contribution in [3.63, 3.8) is 0 Å². The second-order valence-corrected chi connectivity index (χ2v) is 18.6. The van der Waals surface area contributed by atoms with Crippen LogP contribution in [0.4, 0.5) is 23.1 Å². The maximum Gasteiger partial charge on any atom is 0.242 e. The van der Waals surface area contributed by atoms with Gasteiger partial charge in [0.25, 0.3) is 0 Å². The fourth-order valence-electron chi connectivity index (χ4n) is 9.63. The fourth-order valence-corrected chi connectivity index (χ4v) is 9.77. The number of piperazine rings is 1. The molecule has 4 aromatic carbocycles. The molecular formula is C55H66ClN9O4. The number of hydrogen-bond acceptors (Lipinski definition) is 12. The molecule has 13 nitrogen and oxygen atoms in total. The van der Waals surface area contributed by atoms with Crippen LogP contribution in [0.15, 0.2) is 122 Å². The number of aromatic hydroxyl groups is 1. The van der Waals surface area contributed by atoms with Crippen LogP contribution in [-0.2, 0) is 11.3 Å². The minimum absolute atomic E-state index is 0.0875. The molecule has 2 atom stereocenters. The van der Waals surface area contributed by atoms with Crippen molar-refractivity contribution >= 4 is 40.6 Å². The number of rotatable bonds is 21. The second-order valence-electron chi connectivity index (χ2n) is 18.3. The Morgan fingerprint density at radius 2 is 1.46 bits per heavy atom. The van der Waals surface area contributed by atoms with Gasteiger partial charge in [-0.2, -0.15) is 0 Å². The lowest BCUT2D eigenvalue weighted by Gasteiger charge is -2.46. The minimum atomic E-state index is -0.153. The molecule has 2 fully saturated rings. The largest absolute Gasteiger partial charge is 0.507 e. The molecule has 2 aliphatic heterocycles. The molecule has 69 heavy (non-hydrogen) atoms. The number of para-hydroxylation sites is 1. The summed E-state index contributed by atoms with van der Waals surface area (Å²) in [6.07, 6.45) is 14.5. The number of alkyl halides is 1. The zero-order valence-corrected chi connectivity index (χ0v) is 40.8. The molecular weight excluding hydrogens is 886 g/mol. The number of nitrogen functional groups attached to an aromatic ring is 1. The molecule has 3 N–H and O–H groups in total. The van der Waals surface area contributed by atoms with E-state index in [1.165, 1.54) is 37.8 Å². The molecule has 0 aliphatic carbocycles. The Labute approximate surface area is 412 Å². The molecule has 4 heterocycles. The van der Waals surface area contributed by atoms with E-state index in [1.807, 2.05) is 97.1 Å². The molecule has 2 aromatic heterocycles. The first-order chi connectivity index (χ1) is 33.8. The van der Waals surface area contributed by atoms with E-state index in [0.29, 0.717) is 41.9 Å².